The summed E-state index contributed by atoms with van der Waals surface area (Å²) in [6, 6.07) is -0.169. The molecule has 0 aromatic rings. The van der Waals surface area contributed by atoms with Gasteiger partial charge in [-0.3, -0.25) is 9.69 Å². The topological polar surface area (TPSA) is 52.6 Å². The molecule has 0 radical (unpaired) electrons. The summed E-state index contributed by atoms with van der Waals surface area (Å²) in [5, 5.41) is 12.0. The van der Waals surface area contributed by atoms with E-state index in [1.165, 1.54) is 31.3 Å². The van der Waals surface area contributed by atoms with Crippen LogP contribution in [0.2, 0.25) is 0 Å². The van der Waals surface area contributed by atoms with Crippen LogP contribution in [0.5, 0.6) is 0 Å². The van der Waals surface area contributed by atoms with E-state index >= 15 is 0 Å². The highest BCUT2D eigenvalue weighted by atomic mass is 16.3. The van der Waals surface area contributed by atoms with E-state index in [4.69, 9.17) is 5.11 Å². The summed E-state index contributed by atoms with van der Waals surface area (Å²) in [4.78, 5) is 14.0. The highest BCUT2D eigenvalue weighted by Crippen LogP contribution is 2.19. The van der Waals surface area contributed by atoms with Gasteiger partial charge in [0.2, 0.25) is 5.91 Å². The van der Waals surface area contributed by atoms with Crippen LogP contribution in [0.3, 0.4) is 0 Å². The van der Waals surface area contributed by atoms with Gasteiger partial charge in [0.05, 0.1) is 12.6 Å². The van der Waals surface area contributed by atoms with Gasteiger partial charge in [-0.1, -0.05) is 18.6 Å². The Morgan fingerprint density at radius 1 is 1.53 bits per heavy atom. The van der Waals surface area contributed by atoms with Crippen LogP contribution in [0.4, 0.5) is 0 Å². The standard InChI is InChI=1S/C15H28N2O2/c1-3-17(11-12-18)13(2)15(19)16-10-9-14-7-5-4-6-8-14/h7,13,18H,3-6,8-12H2,1-2H3,(H,16,19). The summed E-state index contributed by atoms with van der Waals surface area (Å²) in [7, 11) is 0. The molecule has 19 heavy (non-hydrogen) atoms. The zero-order valence-corrected chi connectivity index (χ0v) is 12.3. The monoisotopic (exact) mass is 268 g/mol. The fraction of sp³-hybridized carbons (Fsp3) is 0.800. The average molecular weight is 268 g/mol. The molecule has 0 saturated carbocycles. The first-order chi connectivity index (χ1) is 9.19. The Morgan fingerprint density at radius 2 is 2.32 bits per heavy atom. The Kier molecular flexibility index (Phi) is 7.75. The number of nitrogens with zero attached hydrogens (tertiary/aromatic N) is 1. The van der Waals surface area contributed by atoms with E-state index < -0.39 is 0 Å². The van der Waals surface area contributed by atoms with Crippen molar-refractivity contribution < 1.29 is 9.90 Å². The summed E-state index contributed by atoms with van der Waals surface area (Å²) in [6.45, 7) is 6.06. The zero-order valence-electron chi connectivity index (χ0n) is 12.3. The van der Waals surface area contributed by atoms with Gasteiger partial charge in [-0.05, 0) is 45.6 Å². The quantitative estimate of drug-likeness (QED) is 0.659. The van der Waals surface area contributed by atoms with E-state index in [2.05, 4.69) is 11.4 Å². The summed E-state index contributed by atoms with van der Waals surface area (Å²) in [5.41, 5.74) is 1.49. The Bertz CT molecular complexity index is 303. The number of carbonyl (C=O) groups is 1. The molecule has 1 rings (SSSR count). The normalized spacial score (nSPS) is 17.2. The van der Waals surface area contributed by atoms with Crippen molar-refractivity contribution in [3.05, 3.63) is 11.6 Å². The number of hydrogen-bond acceptors (Lipinski definition) is 3. The second-order valence-electron chi connectivity index (χ2n) is 5.18. The van der Waals surface area contributed by atoms with Crippen molar-refractivity contribution in [1.29, 1.82) is 0 Å². The minimum atomic E-state index is -0.169. The second kappa shape index (κ2) is 9.10. The molecule has 0 aliphatic heterocycles. The van der Waals surface area contributed by atoms with Gasteiger partial charge < -0.3 is 10.4 Å². The summed E-state index contributed by atoms with van der Waals surface area (Å²) < 4.78 is 0. The molecule has 0 aromatic heterocycles. The lowest BCUT2D eigenvalue weighted by Crippen LogP contribution is -2.46. The molecule has 1 aliphatic rings. The van der Waals surface area contributed by atoms with Crippen LogP contribution in [0, 0.1) is 0 Å². The third-order valence-corrected chi connectivity index (χ3v) is 3.85. The summed E-state index contributed by atoms with van der Waals surface area (Å²) in [5.74, 6) is 0.0618. The number of aliphatic hydroxyl groups excluding tert-OH is 1. The van der Waals surface area contributed by atoms with Crippen molar-refractivity contribution in [2.75, 3.05) is 26.2 Å². The van der Waals surface area contributed by atoms with Crippen LogP contribution in [0.1, 0.15) is 46.0 Å². The first kappa shape index (κ1) is 16.2. The molecular formula is C15H28N2O2. The fourth-order valence-electron chi connectivity index (χ4n) is 2.55. The molecule has 0 heterocycles. The number of amides is 1. The Hall–Kier alpha value is -0.870. The maximum Gasteiger partial charge on any atom is 0.237 e. The van der Waals surface area contributed by atoms with Crippen LogP contribution in [0.15, 0.2) is 11.6 Å². The lowest BCUT2D eigenvalue weighted by molar-refractivity contribution is -0.125. The number of carbonyl (C=O) groups excluding carboxylic acids is 1. The predicted octanol–water partition coefficient (Wildman–Crippen LogP) is 1.70. The molecule has 1 unspecified atom stereocenters. The Morgan fingerprint density at radius 3 is 2.89 bits per heavy atom. The van der Waals surface area contributed by atoms with Crippen molar-refractivity contribution in [3.63, 3.8) is 0 Å². The van der Waals surface area contributed by atoms with E-state index in [0.29, 0.717) is 6.54 Å². The van der Waals surface area contributed by atoms with Gasteiger partial charge in [0.1, 0.15) is 0 Å². The van der Waals surface area contributed by atoms with Gasteiger partial charge >= 0.3 is 0 Å². The van der Waals surface area contributed by atoms with Gasteiger partial charge in [-0.25, -0.2) is 0 Å². The van der Waals surface area contributed by atoms with Gasteiger partial charge in [0.15, 0.2) is 0 Å². The second-order valence-corrected chi connectivity index (χ2v) is 5.18. The van der Waals surface area contributed by atoms with E-state index in [1.54, 1.807) is 0 Å². The van der Waals surface area contributed by atoms with Crippen molar-refractivity contribution in [3.8, 4) is 0 Å². The van der Waals surface area contributed by atoms with Gasteiger partial charge in [-0.2, -0.15) is 0 Å². The maximum atomic E-state index is 12.0. The molecule has 2 N–H and O–H groups in total. The number of allylic oxidation sites excluding steroid dienone is 1. The van der Waals surface area contributed by atoms with Crippen molar-refractivity contribution >= 4 is 5.91 Å². The number of nitrogens with one attached hydrogen (secondary N) is 1. The van der Waals surface area contributed by atoms with Crippen LogP contribution >= 0.6 is 0 Å². The molecular weight excluding hydrogens is 240 g/mol. The summed E-state index contributed by atoms with van der Waals surface area (Å²) in [6.07, 6.45) is 8.28. The smallest absolute Gasteiger partial charge is 0.237 e. The highest BCUT2D eigenvalue weighted by Gasteiger charge is 2.18. The van der Waals surface area contributed by atoms with Crippen molar-refractivity contribution in [2.24, 2.45) is 0 Å². The van der Waals surface area contributed by atoms with E-state index in [-0.39, 0.29) is 18.6 Å². The van der Waals surface area contributed by atoms with Crippen LogP contribution in [-0.2, 0) is 4.79 Å². The first-order valence-electron chi connectivity index (χ1n) is 7.49. The zero-order chi connectivity index (χ0) is 14.1. The predicted molar refractivity (Wildman–Crippen MR) is 78.0 cm³/mol. The number of hydrogen-bond donors (Lipinski definition) is 2. The summed E-state index contributed by atoms with van der Waals surface area (Å²) >= 11 is 0. The molecule has 1 atom stereocenters. The van der Waals surface area contributed by atoms with Crippen LogP contribution in [0.25, 0.3) is 0 Å². The largest absolute Gasteiger partial charge is 0.395 e. The SMILES string of the molecule is CCN(CCO)C(C)C(=O)NCCC1=CCCCC1. The number of rotatable bonds is 8. The van der Waals surface area contributed by atoms with E-state index in [1.807, 2.05) is 18.7 Å². The molecule has 0 bridgehead atoms. The minimum Gasteiger partial charge on any atom is -0.395 e. The minimum absolute atomic E-state index is 0.0618. The van der Waals surface area contributed by atoms with Crippen molar-refractivity contribution in [2.45, 2.75) is 52.0 Å². The third-order valence-electron chi connectivity index (χ3n) is 3.85. The molecule has 4 nitrogen and oxygen atoms in total. The van der Waals surface area contributed by atoms with Crippen LogP contribution in [-0.4, -0.2) is 48.2 Å². The molecule has 0 spiro atoms. The number of aliphatic hydroxyl groups is 1. The fourth-order valence-corrected chi connectivity index (χ4v) is 2.55. The molecule has 110 valence electrons. The lowest BCUT2D eigenvalue weighted by Gasteiger charge is -2.26. The molecule has 1 amide bonds. The Labute approximate surface area is 116 Å². The van der Waals surface area contributed by atoms with E-state index in [0.717, 1.165) is 19.5 Å². The molecule has 0 saturated heterocycles. The van der Waals surface area contributed by atoms with Gasteiger partial charge in [-0.15, -0.1) is 0 Å². The highest BCUT2D eigenvalue weighted by molar-refractivity contribution is 5.81. The maximum absolute atomic E-state index is 12.0. The van der Waals surface area contributed by atoms with Crippen molar-refractivity contribution in [1.82, 2.24) is 10.2 Å². The molecule has 0 fully saturated rings. The van der Waals surface area contributed by atoms with Gasteiger partial charge in [0, 0.05) is 13.1 Å². The third kappa shape index (κ3) is 5.74. The van der Waals surface area contributed by atoms with Gasteiger partial charge in [0.25, 0.3) is 0 Å². The molecule has 4 heteroatoms. The first-order valence-corrected chi connectivity index (χ1v) is 7.49. The average Bonchev–Trinajstić information content (AvgIpc) is 2.45. The molecule has 1 aliphatic carbocycles. The van der Waals surface area contributed by atoms with Crippen LogP contribution < -0.4 is 5.32 Å². The van der Waals surface area contributed by atoms with E-state index in [9.17, 15) is 4.79 Å². The lowest BCUT2D eigenvalue weighted by atomic mass is 9.97. The molecule has 0 aromatic carbocycles. The number of likely N-dealkylation sites (N-methyl/N-ethyl adjacent to an activating group) is 1. The Balaban J connectivity index is 2.27.